The topological polar surface area (TPSA) is 38.7 Å². The van der Waals surface area contributed by atoms with E-state index in [1.54, 1.807) is 17.8 Å². The highest BCUT2D eigenvalue weighted by Crippen LogP contribution is 2.21. The number of aliphatic imine (C=N–C) groups is 1. The van der Waals surface area contributed by atoms with E-state index in [-0.39, 0.29) is 0 Å². The summed E-state index contributed by atoms with van der Waals surface area (Å²) in [4.78, 5) is 17.4. The van der Waals surface area contributed by atoms with Gasteiger partial charge < -0.3 is 4.74 Å². The SMILES string of the molecule is CSc1ccc(/C=C2\N=C(c3ccc(C)cc3)OC2=O)cc1. The zero-order valence-electron chi connectivity index (χ0n) is 12.4. The molecular formula is C18H15NO2S. The average molecular weight is 309 g/mol. The summed E-state index contributed by atoms with van der Waals surface area (Å²) >= 11 is 1.68. The van der Waals surface area contributed by atoms with E-state index in [0.29, 0.717) is 11.6 Å². The van der Waals surface area contributed by atoms with Crippen LogP contribution >= 0.6 is 11.8 Å². The first-order valence-electron chi connectivity index (χ1n) is 6.89. The van der Waals surface area contributed by atoms with Crippen LogP contribution in [-0.2, 0) is 9.53 Å². The summed E-state index contributed by atoms with van der Waals surface area (Å²) in [5, 5.41) is 0. The average Bonchev–Trinajstić information content (AvgIpc) is 2.90. The zero-order valence-corrected chi connectivity index (χ0v) is 13.2. The molecule has 0 N–H and O–H groups in total. The van der Waals surface area contributed by atoms with Crippen LogP contribution in [0.5, 0.6) is 0 Å². The van der Waals surface area contributed by atoms with Crippen molar-refractivity contribution in [1.29, 1.82) is 0 Å². The van der Waals surface area contributed by atoms with Crippen molar-refractivity contribution in [2.45, 2.75) is 11.8 Å². The quantitative estimate of drug-likeness (QED) is 0.487. The lowest BCUT2D eigenvalue weighted by atomic mass is 10.1. The van der Waals surface area contributed by atoms with Gasteiger partial charge in [0, 0.05) is 10.5 Å². The number of ether oxygens (including phenoxy) is 1. The number of thioether (sulfide) groups is 1. The summed E-state index contributed by atoms with van der Waals surface area (Å²) in [6, 6.07) is 15.7. The minimum absolute atomic E-state index is 0.326. The van der Waals surface area contributed by atoms with Gasteiger partial charge in [-0.15, -0.1) is 11.8 Å². The van der Waals surface area contributed by atoms with Crippen molar-refractivity contribution >= 4 is 29.7 Å². The van der Waals surface area contributed by atoms with Crippen molar-refractivity contribution < 1.29 is 9.53 Å². The molecule has 1 aliphatic rings. The summed E-state index contributed by atoms with van der Waals surface area (Å²) in [5.41, 5.74) is 3.21. The molecule has 22 heavy (non-hydrogen) atoms. The molecule has 0 radical (unpaired) electrons. The van der Waals surface area contributed by atoms with Crippen LogP contribution in [0.4, 0.5) is 0 Å². The van der Waals surface area contributed by atoms with Gasteiger partial charge in [0.25, 0.3) is 0 Å². The third-order valence-electron chi connectivity index (χ3n) is 3.34. The third kappa shape index (κ3) is 3.12. The minimum Gasteiger partial charge on any atom is -0.402 e. The molecule has 3 rings (SSSR count). The first-order chi connectivity index (χ1) is 10.7. The first-order valence-corrected chi connectivity index (χ1v) is 8.12. The number of nitrogens with zero attached hydrogens (tertiary/aromatic N) is 1. The van der Waals surface area contributed by atoms with Gasteiger partial charge in [-0.2, -0.15) is 0 Å². The van der Waals surface area contributed by atoms with Crippen LogP contribution in [0.25, 0.3) is 6.08 Å². The number of cyclic esters (lactones) is 1. The molecule has 0 saturated heterocycles. The standard InChI is InChI=1S/C18H15NO2S/c1-12-3-7-14(8-4-12)17-19-16(18(20)21-17)11-13-5-9-15(22-2)10-6-13/h3-11H,1-2H3/b16-11-. The van der Waals surface area contributed by atoms with Gasteiger partial charge in [0.05, 0.1) is 0 Å². The van der Waals surface area contributed by atoms with Gasteiger partial charge in [0.15, 0.2) is 5.70 Å². The highest BCUT2D eigenvalue weighted by atomic mass is 32.2. The summed E-state index contributed by atoms with van der Waals surface area (Å²) in [6.07, 6.45) is 3.77. The van der Waals surface area contributed by atoms with Gasteiger partial charge >= 0.3 is 5.97 Å². The molecule has 0 unspecified atom stereocenters. The molecule has 0 saturated carbocycles. The lowest BCUT2D eigenvalue weighted by molar-refractivity contribution is -0.129. The fourth-order valence-electron chi connectivity index (χ4n) is 2.09. The monoisotopic (exact) mass is 309 g/mol. The smallest absolute Gasteiger partial charge is 0.363 e. The molecule has 2 aromatic carbocycles. The molecule has 0 aliphatic carbocycles. The molecule has 0 bridgehead atoms. The Morgan fingerprint density at radius 2 is 1.73 bits per heavy atom. The molecule has 4 heteroatoms. The van der Waals surface area contributed by atoms with E-state index in [9.17, 15) is 4.79 Å². The van der Waals surface area contributed by atoms with Gasteiger partial charge in [-0.3, -0.25) is 0 Å². The van der Waals surface area contributed by atoms with E-state index in [2.05, 4.69) is 4.99 Å². The van der Waals surface area contributed by atoms with Crippen molar-refractivity contribution in [2.75, 3.05) is 6.26 Å². The van der Waals surface area contributed by atoms with E-state index in [1.165, 1.54) is 4.90 Å². The number of hydrogen-bond acceptors (Lipinski definition) is 4. The summed E-state index contributed by atoms with van der Waals surface area (Å²) < 4.78 is 5.26. The van der Waals surface area contributed by atoms with Crippen LogP contribution in [0.2, 0.25) is 0 Å². The lowest BCUT2D eigenvalue weighted by Gasteiger charge is -1.99. The number of rotatable bonds is 3. The Balaban J connectivity index is 1.88. The molecular weight excluding hydrogens is 294 g/mol. The van der Waals surface area contributed by atoms with Crippen molar-refractivity contribution in [1.82, 2.24) is 0 Å². The van der Waals surface area contributed by atoms with Crippen molar-refractivity contribution in [3.05, 3.63) is 70.9 Å². The second-order valence-electron chi connectivity index (χ2n) is 4.98. The Hall–Kier alpha value is -2.33. The number of carbonyl (C=O) groups is 1. The first kappa shape index (κ1) is 14.6. The molecule has 3 nitrogen and oxygen atoms in total. The molecule has 0 fully saturated rings. The van der Waals surface area contributed by atoms with E-state index in [4.69, 9.17) is 4.74 Å². The largest absolute Gasteiger partial charge is 0.402 e. The van der Waals surface area contributed by atoms with Crippen molar-refractivity contribution in [3.8, 4) is 0 Å². The van der Waals surface area contributed by atoms with Crippen LogP contribution in [0, 0.1) is 6.92 Å². The molecule has 2 aromatic rings. The maximum atomic E-state index is 11.9. The highest BCUT2D eigenvalue weighted by Gasteiger charge is 2.23. The summed E-state index contributed by atoms with van der Waals surface area (Å²) in [7, 11) is 0. The van der Waals surface area contributed by atoms with Crippen LogP contribution in [0.3, 0.4) is 0 Å². The second-order valence-corrected chi connectivity index (χ2v) is 5.85. The Labute approximate surface area is 133 Å². The van der Waals surface area contributed by atoms with E-state index in [0.717, 1.165) is 16.7 Å². The lowest BCUT2D eigenvalue weighted by Crippen LogP contribution is -2.05. The van der Waals surface area contributed by atoms with E-state index >= 15 is 0 Å². The zero-order chi connectivity index (χ0) is 15.5. The highest BCUT2D eigenvalue weighted by molar-refractivity contribution is 7.98. The second kappa shape index (κ2) is 6.20. The molecule has 1 heterocycles. The summed E-state index contributed by atoms with van der Waals surface area (Å²) in [5.74, 6) is -0.0542. The predicted molar refractivity (Wildman–Crippen MR) is 90.0 cm³/mol. The maximum Gasteiger partial charge on any atom is 0.363 e. The van der Waals surface area contributed by atoms with Crippen LogP contribution < -0.4 is 0 Å². The van der Waals surface area contributed by atoms with Crippen LogP contribution in [0.1, 0.15) is 16.7 Å². The van der Waals surface area contributed by atoms with Gasteiger partial charge in [-0.1, -0.05) is 29.8 Å². The summed E-state index contributed by atoms with van der Waals surface area (Å²) in [6.45, 7) is 2.01. The fraction of sp³-hybridized carbons (Fsp3) is 0.111. The molecule has 1 aliphatic heterocycles. The fourth-order valence-corrected chi connectivity index (χ4v) is 2.50. The number of carbonyl (C=O) groups excluding carboxylic acids is 1. The number of hydrogen-bond donors (Lipinski definition) is 0. The minimum atomic E-state index is -0.412. The van der Waals surface area contributed by atoms with E-state index in [1.807, 2.05) is 61.7 Å². The molecule has 110 valence electrons. The van der Waals surface area contributed by atoms with Crippen LogP contribution in [0.15, 0.2) is 64.1 Å². The Kier molecular flexibility index (Phi) is 4.11. The predicted octanol–water partition coefficient (Wildman–Crippen LogP) is 4.06. The van der Waals surface area contributed by atoms with Crippen molar-refractivity contribution in [3.63, 3.8) is 0 Å². The molecule has 0 amide bonds. The van der Waals surface area contributed by atoms with Crippen LogP contribution in [-0.4, -0.2) is 18.1 Å². The third-order valence-corrected chi connectivity index (χ3v) is 4.08. The van der Waals surface area contributed by atoms with Gasteiger partial charge in [0.2, 0.25) is 5.90 Å². The van der Waals surface area contributed by atoms with Gasteiger partial charge in [-0.25, -0.2) is 9.79 Å². The van der Waals surface area contributed by atoms with Crippen molar-refractivity contribution in [2.24, 2.45) is 4.99 Å². The molecule has 0 atom stereocenters. The maximum absolute atomic E-state index is 11.9. The van der Waals surface area contributed by atoms with E-state index < -0.39 is 5.97 Å². The Bertz CT molecular complexity index is 759. The molecule has 0 aromatic heterocycles. The number of benzene rings is 2. The molecule has 0 spiro atoms. The normalized spacial score (nSPS) is 15.8. The van der Waals surface area contributed by atoms with Gasteiger partial charge in [0.1, 0.15) is 0 Å². The van der Waals surface area contributed by atoms with Gasteiger partial charge in [-0.05, 0) is 49.1 Å². The Morgan fingerprint density at radius 1 is 1.05 bits per heavy atom. The Morgan fingerprint density at radius 3 is 2.36 bits per heavy atom. The number of esters is 1. The number of aryl methyl sites for hydroxylation is 1.